The van der Waals surface area contributed by atoms with Gasteiger partial charge in [0.05, 0.1) is 16.7 Å². The van der Waals surface area contributed by atoms with Crippen molar-refractivity contribution in [1.82, 2.24) is 4.57 Å². The zero-order chi connectivity index (χ0) is 42.1. The molecule has 1 aromatic heterocycles. The number of nitrogens with zero attached hydrogens (tertiary/aromatic N) is 2. The van der Waals surface area contributed by atoms with E-state index in [0.717, 1.165) is 17.1 Å². The Hall–Kier alpha value is -8.46. The number of hydrogen-bond donors (Lipinski definition) is 0. The van der Waals surface area contributed by atoms with Gasteiger partial charge in [0.25, 0.3) is 0 Å². The van der Waals surface area contributed by atoms with Crippen LogP contribution in [0.5, 0.6) is 0 Å². The molecule has 0 fully saturated rings. The largest absolute Gasteiger partial charge is 0.310 e. The predicted octanol–water partition coefficient (Wildman–Crippen LogP) is 17.2. The monoisotopic (exact) mass is 812 g/mol. The highest BCUT2D eigenvalue weighted by atomic mass is 15.1. The minimum absolute atomic E-state index is 1.10. The minimum Gasteiger partial charge on any atom is -0.310 e. The Morgan fingerprint density at radius 3 is 1.47 bits per heavy atom. The second kappa shape index (κ2) is 14.6. The molecule has 1 aliphatic carbocycles. The molecule has 11 aromatic carbocycles. The third kappa shape index (κ3) is 5.88. The molecule has 64 heavy (non-hydrogen) atoms. The molecule has 2 nitrogen and oxygen atoms in total. The second-order valence-electron chi connectivity index (χ2n) is 16.9. The average Bonchev–Trinajstić information content (AvgIpc) is 3.70. The van der Waals surface area contributed by atoms with Crippen LogP contribution in [0.25, 0.3) is 105 Å². The fourth-order valence-electron chi connectivity index (χ4n) is 10.1. The summed E-state index contributed by atoms with van der Waals surface area (Å²) in [6.07, 6.45) is 0. The van der Waals surface area contributed by atoms with Gasteiger partial charge in [-0.1, -0.05) is 152 Å². The number of aromatic nitrogens is 1. The van der Waals surface area contributed by atoms with Crippen LogP contribution in [0.15, 0.2) is 243 Å². The zero-order valence-electron chi connectivity index (χ0n) is 35.0. The fraction of sp³-hybridized carbons (Fsp3) is 0. The molecule has 0 unspecified atom stereocenters. The molecule has 0 saturated heterocycles. The highest BCUT2D eigenvalue weighted by Crippen LogP contribution is 2.52. The first-order valence-corrected chi connectivity index (χ1v) is 22.1. The van der Waals surface area contributed by atoms with E-state index in [2.05, 4.69) is 252 Å². The summed E-state index contributed by atoms with van der Waals surface area (Å²) < 4.78 is 2.37. The van der Waals surface area contributed by atoms with E-state index >= 15 is 0 Å². The van der Waals surface area contributed by atoms with E-state index in [4.69, 9.17) is 0 Å². The molecule has 298 valence electrons. The summed E-state index contributed by atoms with van der Waals surface area (Å²) in [7, 11) is 0. The standard InChI is InChI=1S/C62H40N2/c1-4-13-41(14-5-1)43-25-30-51(31-26-43)63(52-32-27-44(28-33-52)46-29-34-62-59(37-46)53-20-10-11-21-60(53)64(62)50-18-8-3-9-19-50)61-22-12-17-48-38-56-55-36-47-24-23-45(42-15-6-2-7-16-42)35-49(47)39-57(55)58(56)40-54(48)61/h1-40H. The normalized spacial score (nSPS) is 11.8. The SMILES string of the molecule is c1ccc(-c2ccc(N(c3ccc(-c4ccc5c(c4)c4ccccc4n5-c4ccccc4)cc3)c3cccc4cc5c(cc34)-c3cc4cc(-c6ccccc6)ccc4cc3-5)cc2)cc1. The highest BCUT2D eigenvalue weighted by Gasteiger charge is 2.26. The van der Waals surface area contributed by atoms with Gasteiger partial charge in [0.1, 0.15) is 0 Å². The number of benzene rings is 11. The molecule has 1 aliphatic rings. The van der Waals surface area contributed by atoms with Gasteiger partial charge < -0.3 is 9.47 Å². The Morgan fingerprint density at radius 2 is 0.766 bits per heavy atom. The Kier molecular flexibility index (Phi) is 8.25. The summed E-state index contributed by atoms with van der Waals surface area (Å²) in [4.78, 5) is 2.43. The maximum absolute atomic E-state index is 2.43. The number of fused-ring (bicyclic) bond motifs is 9. The summed E-state index contributed by atoms with van der Waals surface area (Å²) in [5, 5.41) is 7.49. The van der Waals surface area contributed by atoms with E-state index in [0.29, 0.717) is 0 Å². The maximum atomic E-state index is 2.43. The van der Waals surface area contributed by atoms with Gasteiger partial charge in [0.15, 0.2) is 0 Å². The first-order valence-electron chi connectivity index (χ1n) is 22.1. The van der Waals surface area contributed by atoms with E-state index in [1.54, 1.807) is 0 Å². The van der Waals surface area contributed by atoms with E-state index in [-0.39, 0.29) is 0 Å². The van der Waals surface area contributed by atoms with Crippen molar-refractivity contribution in [2.75, 3.05) is 4.90 Å². The van der Waals surface area contributed by atoms with E-state index in [1.165, 1.54) is 105 Å². The smallest absolute Gasteiger partial charge is 0.0541 e. The molecule has 0 saturated carbocycles. The molecule has 0 spiro atoms. The number of anilines is 3. The Morgan fingerprint density at radius 1 is 0.266 bits per heavy atom. The lowest BCUT2D eigenvalue weighted by Gasteiger charge is -2.30. The molecule has 0 amide bonds. The molecule has 13 rings (SSSR count). The predicted molar refractivity (Wildman–Crippen MR) is 271 cm³/mol. The van der Waals surface area contributed by atoms with Crippen LogP contribution in [0.4, 0.5) is 17.1 Å². The second-order valence-corrected chi connectivity index (χ2v) is 16.9. The molecule has 12 aromatic rings. The third-order valence-corrected chi connectivity index (χ3v) is 13.3. The van der Waals surface area contributed by atoms with Crippen LogP contribution < -0.4 is 4.90 Å². The van der Waals surface area contributed by atoms with Crippen molar-refractivity contribution in [3.8, 4) is 61.3 Å². The molecular weight excluding hydrogens is 773 g/mol. The van der Waals surface area contributed by atoms with E-state index in [1.807, 2.05) is 0 Å². The van der Waals surface area contributed by atoms with Crippen LogP contribution in [0.2, 0.25) is 0 Å². The average molecular weight is 813 g/mol. The summed E-state index contributed by atoms with van der Waals surface area (Å²) in [6, 6.07) is 88.9. The van der Waals surface area contributed by atoms with Crippen LogP contribution >= 0.6 is 0 Å². The van der Waals surface area contributed by atoms with Crippen molar-refractivity contribution in [3.05, 3.63) is 243 Å². The van der Waals surface area contributed by atoms with Crippen LogP contribution in [0, 0.1) is 0 Å². The fourth-order valence-corrected chi connectivity index (χ4v) is 10.1. The Labute approximate surface area is 372 Å². The summed E-state index contributed by atoms with van der Waals surface area (Å²) in [6.45, 7) is 0. The molecular formula is C62H40N2. The maximum Gasteiger partial charge on any atom is 0.0541 e. The zero-order valence-corrected chi connectivity index (χ0v) is 35.0. The van der Waals surface area contributed by atoms with Gasteiger partial charge in [0, 0.05) is 33.2 Å². The van der Waals surface area contributed by atoms with Gasteiger partial charge in [-0.2, -0.15) is 0 Å². The highest BCUT2D eigenvalue weighted by molar-refractivity contribution is 6.15. The molecule has 1 heterocycles. The lowest BCUT2D eigenvalue weighted by molar-refractivity contribution is 1.18. The third-order valence-electron chi connectivity index (χ3n) is 13.3. The number of rotatable bonds is 7. The van der Waals surface area contributed by atoms with Crippen molar-refractivity contribution in [2.24, 2.45) is 0 Å². The van der Waals surface area contributed by atoms with Crippen molar-refractivity contribution in [1.29, 1.82) is 0 Å². The molecule has 0 bridgehead atoms. The van der Waals surface area contributed by atoms with Gasteiger partial charge >= 0.3 is 0 Å². The lowest BCUT2D eigenvalue weighted by atomic mass is 9.77. The summed E-state index contributed by atoms with van der Waals surface area (Å²) in [5.74, 6) is 0. The first kappa shape index (κ1) is 36.2. The van der Waals surface area contributed by atoms with Gasteiger partial charge in [-0.25, -0.2) is 0 Å². The quantitative estimate of drug-likeness (QED) is 0.156. The van der Waals surface area contributed by atoms with Crippen molar-refractivity contribution in [2.45, 2.75) is 0 Å². The molecule has 0 aliphatic heterocycles. The van der Waals surface area contributed by atoms with Crippen molar-refractivity contribution < 1.29 is 0 Å². The van der Waals surface area contributed by atoms with E-state index in [9.17, 15) is 0 Å². The summed E-state index contributed by atoms with van der Waals surface area (Å²) >= 11 is 0. The topological polar surface area (TPSA) is 8.17 Å². The molecule has 2 heteroatoms. The van der Waals surface area contributed by atoms with Crippen LogP contribution in [0.3, 0.4) is 0 Å². The van der Waals surface area contributed by atoms with Gasteiger partial charge in [0.2, 0.25) is 0 Å². The van der Waals surface area contributed by atoms with E-state index < -0.39 is 0 Å². The minimum atomic E-state index is 1.10. The molecule has 0 atom stereocenters. The summed E-state index contributed by atoms with van der Waals surface area (Å²) in [5.41, 5.74) is 19.5. The van der Waals surface area contributed by atoms with Crippen LogP contribution in [-0.2, 0) is 0 Å². The van der Waals surface area contributed by atoms with Crippen LogP contribution in [0.1, 0.15) is 0 Å². The first-order chi connectivity index (χ1) is 31.7. The van der Waals surface area contributed by atoms with Gasteiger partial charge in [-0.15, -0.1) is 0 Å². The Balaban J connectivity index is 0.920. The number of hydrogen-bond acceptors (Lipinski definition) is 1. The van der Waals surface area contributed by atoms with Crippen molar-refractivity contribution in [3.63, 3.8) is 0 Å². The molecule has 0 radical (unpaired) electrons. The number of para-hydroxylation sites is 2. The van der Waals surface area contributed by atoms with Gasteiger partial charge in [-0.05, 0) is 163 Å². The van der Waals surface area contributed by atoms with Crippen molar-refractivity contribution >= 4 is 60.4 Å². The van der Waals surface area contributed by atoms with Gasteiger partial charge in [-0.3, -0.25) is 0 Å². The molecule has 0 N–H and O–H groups in total. The van der Waals surface area contributed by atoms with Crippen LogP contribution in [-0.4, -0.2) is 4.57 Å². The Bertz CT molecular complexity index is 3740. The lowest BCUT2D eigenvalue weighted by Crippen LogP contribution is -2.11.